The van der Waals surface area contributed by atoms with Crippen molar-refractivity contribution in [3.05, 3.63) is 65.9 Å². The van der Waals surface area contributed by atoms with Crippen LogP contribution in [0.5, 0.6) is 5.75 Å². The fourth-order valence-corrected chi connectivity index (χ4v) is 4.14. The second-order valence-corrected chi connectivity index (χ2v) is 8.27. The van der Waals surface area contributed by atoms with E-state index in [1.165, 1.54) is 5.56 Å². The van der Waals surface area contributed by atoms with Crippen LogP contribution in [-0.4, -0.2) is 67.5 Å². The van der Waals surface area contributed by atoms with Gasteiger partial charge in [0.15, 0.2) is 0 Å². The molecule has 1 amide bonds. The summed E-state index contributed by atoms with van der Waals surface area (Å²) in [7, 11) is 7.91. The maximum Gasteiger partial charge on any atom is 0.255 e. The third-order valence-corrected chi connectivity index (χ3v) is 6.03. The molecule has 1 fully saturated rings. The topological polar surface area (TPSA) is 40.4 Å². The second kappa shape index (κ2) is 8.40. The Morgan fingerprint density at radius 3 is 2.47 bits per heavy atom. The van der Waals surface area contributed by atoms with Crippen molar-refractivity contribution in [2.24, 2.45) is 0 Å². The number of pyridine rings is 1. The van der Waals surface area contributed by atoms with E-state index in [0.717, 1.165) is 48.7 Å². The molecule has 2 aromatic heterocycles. The van der Waals surface area contributed by atoms with Gasteiger partial charge >= 0.3 is 0 Å². The van der Waals surface area contributed by atoms with Crippen LogP contribution in [0.15, 0.2) is 54.7 Å². The molecule has 0 radical (unpaired) electrons. The molecule has 0 N–H and O–H groups in total. The summed E-state index contributed by atoms with van der Waals surface area (Å²) in [5, 5.41) is 0. The monoisotopic (exact) mass is 406 g/mol. The second-order valence-electron chi connectivity index (χ2n) is 8.27. The van der Waals surface area contributed by atoms with E-state index in [9.17, 15) is 4.79 Å². The number of carbonyl (C=O) groups is 1. The van der Waals surface area contributed by atoms with Crippen LogP contribution >= 0.6 is 0 Å². The molecule has 0 aliphatic carbocycles. The van der Waals surface area contributed by atoms with Gasteiger partial charge in [0.2, 0.25) is 0 Å². The summed E-state index contributed by atoms with van der Waals surface area (Å²) < 4.78 is 7.35. The third-order valence-electron chi connectivity index (χ3n) is 6.03. The fraction of sp³-hybridized carbons (Fsp3) is 0.375. The lowest BCUT2D eigenvalue weighted by Gasteiger charge is -2.21. The van der Waals surface area contributed by atoms with Crippen LogP contribution in [0.4, 0.5) is 5.82 Å². The number of hydrogen-bond acceptors (Lipinski definition) is 4. The lowest BCUT2D eigenvalue weighted by Crippen LogP contribution is -2.34. The zero-order chi connectivity index (χ0) is 21.3. The summed E-state index contributed by atoms with van der Waals surface area (Å²) in [4.78, 5) is 19.4. The number of likely N-dealkylation sites (N-methyl/N-ethyl adjacent to an activating group) is 1. The van der Waals surface area contributed by atoms with Gasteiger partial charge in [-0.2, -0.15) is 0 Å². The fourth-order valence-electron chi connectivity index (χ4n) is 4.14. The molecule has 1 aliphatic heterocycles. The highest BCUT2D eigenvalue weighted by atomic mass is 16.5. The number of amides is 1. The maximum atomic E-state index is 13.1. The molecule has 6 heteroatoms. The van der Waals surface area contributed by atoms with Crippen LogP contribution in [0.1, 0.15) is 22.3 Å². The first kappa shape index (κ1) is 20.3. The molecule has 0 unspecified atom stereocenters. The predicted octanol–water partition coefficient (Wildman–Crippen LogP) is 3.36. The molecular weight excluding hydrogens is 376 g/mol. The number of nitrogens with zero attached hydrogens (tertiary/aromatic N) is 4. The first-order valence-electron chi connectivity index (χ1n) is 10.4. The minimum Gasteiger partial charge on any atom is -0.497 e. The Morgan fingerprint density at radius 1 is 1.07 bits per heavy atom. The molecule has 1 aromatic carbocycles. The first-order chi connectivity index (χ1) is 14.5. The highest BCUT2D eigenvalue weighted by molar-refractivity contribution is 5.94. The van der Waals surface area contributed by atoms with Gasteiger partial charge in [0.05, 0.1) is 12.7 Å². The van der Waals surface area contributed by atoms with Gasteiger partial charge in [0.25, 0.3) is 5.91 Å². The molecule has 3 heterocycles. The van der Waals surface area contributed by atoms with Crippen molar-refractivity contribution in [3.8, 4) is 5.75 Å². The number of aromatic nitrogens is 1. The number of rotatable bonds is 6. The molecule has 0 saturated carbocycles. The molecule has 1 aliphatic rings. The minimum absolute atomic E-state index is 0.110. The zero-order valence-corrected chi connectivity index (χ0v) is 18.2. The van der Waals surface area contributed by atoms with Crippen LogP contribution in [0, 0.1) is 0 Å². The highest BCUT2D eigenvalue weighted by Gasteiger charge is 2.28. The van der Waals surface area contributed by atoms with Crippen molar-refractivity contribution in [2.75, 3.05) is 46.2 Å². The number of methoxy groups -OCH3 is 1. The quantitative estimate of drug-likeness (QED) is 0.629. The Kier molecular flexibility index (Phi) is 5.68. The van der Waals surface area contributed by atoms with Gasteiger partial charge < -0.3 is 23.8 Å². The number of carbonyl (C=O) groups excluding carboxylic acids is 1. The van der Waals surface area contributed by atoms with Crippen molar-refractivity contribution in [3.63, 3.8) is 0 Å². The Labute approximate surface area is 178 Å². The summed E-state index contributed by atoms with van der Waals surface area (Å²) >= 11 is 0. The molecular formula is C24H30N4O2. The molecule has 0 spiro atoms. The summed E-state index contributed by atoms with van der Waals surface area (Å²) in [6.07, 6.45) is 3.00. The molecule has 1 atom stereocenters. The van der Waals surface area contributed by atoms with Gasteiger partial charge in [-0.3, -0.25) is 4.79 Å². The number of hydrogen-bond donors (Lipinski definition) is 0. The van der Waals surface area contributed by atoms with E-state index < -0.39 is 0 Å². The maximum absolute atomic E-state index is 13.1. The summed E-state index contributed by atoms with van der Waals surface area (Å²) in [6, 6.07) is 16.7. The molecule has 1 saturated heterocycles. The molecule has 6 nitrogen and oxygen atoms in total. The summed E-state index contributed by atoms with van der Waals surface area (Å²) in [5.41, 5.74) is 3.01. The first-order valence-corrected chi connectivity index (χ1v) is 10.4. The van der Waals surface area contributed by atoms with Crippen molar-refractivity contribution < 1.29 is 9.53 Å². The smallest absolute Gasteiger partial charge is 0.255 e. The van der Waals surface area contributed by atoms with Crippen LogP contribution in [-0.2, 0) is 6.54 Å². The predicted molar refractivity (Wildman–Crippen MR) is 120 cm³/mol. The van der Waals surface area contributed by atoms with E-state index in [1.807, 2.05) is 35.4 Å². The SMILES string of the molecule is COc1ccc(CN(C)c2ccc3ccc(C(=O)N4CC[C@H](N(C)C)C4)cn23)cc1. The van der Waals surface area contributed by atoms with E-state index in [-0.39, 0.29) is 5.91 Å². The number of benzene rings is 1. The molecule has 0 bridgehead atoms. The van der Waals surface area contributed by atoms with E-state index in [0.29, 0.717) is 6.04 Å². The van der Waals surface area contributed by atoms with Gasteiger partial charge in [-0.05, 0) is 62.5 Å². The van der Waals surface area contributed by atoms with Crippen molar-refractivity contribution in [2.45, 2.75) is 19.0 Å². The van der Waals surface area contributed by atoms with E-state index in [2.05, 4.69) is 59.6 Å². The van der Waals surface area contributed by atoms with Crippen LogP contribution in [0.25, 0.3) is 5.52 Å². The Bertz CT molecular complexity index is 1030. The number of likely N-dealkylation sites (tertiary alicyclic amines) is 1. The third kappa shape index (κ3) is 4.00. The lowest BCUT2D eigenvalue weighted by molar-refractivity contribution is 0.0782. The van der Waals surface area contributed by atoms with E-state index in [4.69, 9.17) is 4.74 Å². The number of ether oxygens (including phenoxy) is 1. The van der Waals surface area contributed by atoms with Crippen LogP contribution in [0.2, 0.25) is 0 Å². The van der Waals surface area contributed by atoms with E-state index in [1.54, 1.807) is 7.11 Å². The van der Waals surface area contributed by atoms with Crippen LogP contribution < -0.4 is 9.64 Å². The largest absolute Gasteiger partial charge is 0.497 e. The van der Waals surface area contributed by atoms with Gasteiger partial charge in [0, 0.05) is 44.4 Å². The van der Waals surface area contributed by atoms with E-state index >= 15 is 0 Å². The Balaban J connectivity index is 1.54. The summed E-state index contributed by atoms with van der Waals surface area (Å²) in [5.74, 6) is 2.03. The molecule has 30 heavy (non-hydrogen) atoms. The standard InChI is InChI=1S/C24H30N4O2/c1-25(2)21-13-14-27(17-21)24(29)19-7-8-20-9-12-23(28(20)16-19)26(3)15-18-5-10-22(30-4)11-6-18/h5-12,16,21H,13-15,17H2,1-4H3/t21-/m0/s1. The van der Waals surface area contributed by atoms with Gasteiger partial charge in [0.1, 0.15) is 11.6 Å². The number of anilines is 1. The molecule has 3 aromatic rings. The molecule has 4 rings (SSSR count). The van der Waals surface area contributed by atoms with Gasteiger partial charge in [-0.25, -0.2) is 0 Å². The zero-order valence-electron chi connectivity index (χ0n) is 18.2. The molecule has 158 valence electrons. The lowest BCUT2D eigenvalue weighted by atomic mass is 10.2. The number of fused-ring (bicyclic) bond motifs is 1. The van der Waals surface area contributed by atoms with Gasteiger partial charge in [-0.1, -0.05) is 12.1 Å². The van der Waals surface area contributed by atoms with Crippen LogP contribution in [0.3, 0.4) is 0 Å². The highest BCUT2D eigenvalue weighted by Crippen LogP contribution is 2.23. The average Bonchev–Trinajstić information content (AvgIpc) is 3.41. The minimum atomic E-state index is 0.110. The average molecular weight is 407 g/mol. The summed E-state index contributed by atoms with van der Waals surface area (Å²) in [6.45, 7) is 2.38. The Morgan fingerprint density at radius 2 is 1.80 bits per heavy atom. The van der Waals surface area contributed by atoms with Gasteiger partial charge in [-0.15, -0.1) is 0 Å². The van der Waals surface area contributed by atoms with Crippen molar-refractivity contribution >= 4 is 17.2 Å². The normalized spacial score (nSPS) is 16.4. The van der Waals surface area contributed by atoms with Crippen molar-refractivity contribution in [1.29, 1.82) is 0 Å². The Hall–Kier alpha value is -2.99. The van der Waals surface area contributed by atoms with Crippen molar-refractivity contribution in [1.82, 2.24) is 14.2 Å².